The van der Waals surface area contributed by atoms with Gasteiger partial charge in [0.25, 0.3) is 0 Å². The van der Waals surface area contributed by atoms with Crippen LogP contribution in [0.2, 0.25) is 0 Å². The van der Waals surface area contributed by atoms with E-state index in [4.69, 9.17) is 28.4 Å². The Labute approximate surface area is 179 Å². The highest BCUT2D eigenvalue weighted by molar-refractivity contribution is 5.54. The SMILES string of the molecule is COC[C@@H]1Cc2cc(OC)c(OC)cc2[C@H](c2ccc(OC)c(OC)c2)[C@H]1COC. The predicted octanol–water partition coefficient (Wildman–Crippen LogP) is 3.93. The third-order valence-electron chi connectivity index (χ3n) is 6.00. The molecular weight excluding hydrogens is 384 g/mol. The number of rotatable bonds is 9. The summed E-state index contributed by atoms with van der Waals surface area (Å²) in [5.74, 6) is 3.51. The summed E-state index contributed by atoms with van der Waals surface area (Å²) < 4.78 is 33.4. The molecule has 0 heterocycles. The Morgan fingerprint density at radius 1 is 0.700 bits per heavy atom. The molecule has 0 saturated carbocycles. The first-order chi connectivity index (χ1) is 14.6. The molecule has 0 saturated heterocycles. The first kappa shape index (κ1) is 22.2. The van der Waals surface area contributed by atoms with E-state index in [0.717, 1.165) is 23.5 Å². The standard InChI is InChI=1S/C24H32O6/c1-25-13-17-9-16-11-22(29-5)23(30-6)12-18(16)24(19(17)14-26-2)15-7-8-20(27-3)21(10-15)28-4/h7-8,10-12,17,19,24H,9,13-14H2,1-6H3/t17-,19-,24-/m0/s1. The van der Waals surface area contributed by atoms with Gasteiger partial charge in [-0.2, -0.15) is 0 Å². The smallest absolute Gasteiger partial charge is 0.161 e. The molecule has 3 atom stereocenters. The number of hydrogen-bond acceptors (Lipinski definition) is 6. The molecule has 0 unspecified atom stereocenters. The molecule has 2 aromatic rings. The summed E-state index contributed by atoms with van der Waals surface area (Å²) >= 11 is 0. The van der Waals surface area contributed by atoms with E-state index in [0.29, 0.717) is 30.6 Å². The topological polar surface area (TPSA) is 55.4 Å². The van der Waals surface area contributed by atoms with Crippen molar-refractivity contribution in [2.24, 2.45) is 11.8 Å². The average Bonchev–Trinajstić information content (AvgIpc) is 2.78. The lowest BCUT2D eigenvalue weighted by atomic mass is 9.67. The van der Waals surface area contributed by atoms with Crippen molar-refractivity contribution < 1.29 is 28.4 Å². The normalized spacial score (nSPS) is 20.4. The molecule has 1 aliphatic carbocycles. The van der Waals surface area contributed by atoms with E-state index in [1.54, 1.807) is 42.7 Å². The zero-order chi connectivity index (χ0) is 21.7. The highest BCUT2D eigenvalue weighted by atomic mass is 16.5. The lowest BCUT2D eigenvalue weighted by Gasteiger charge is -2.40. The fourth-order valence-electron chi connectivity index (χ4n) is 4.63. The van der Waals surface area contributed by atoms with Crippen LogP contribution >= 0.6 is 0 Å². The Balaban J connectivity index is 2.20. The molecule has 3 rings (SSSR count). The number of ether oxygens (including phenoxy) is 6. The molecule has 0 N–H and O–H groups in total. The maximum atomic E-state index is 5.66. The molecule has 0 aliphatic heterocycles. The molecule has 0 radical (unpaired) electrons. The average molecular weight is 417 g/mol. The van der Waals surface area contributed by atoms with E-state index in [-0.39, 0.29) is 11.8 Å². The number of fused-ring (bicyclic) bond motifs is 1. The Bertz CT molecular complexity index is 850. The van der Waals surface area contributed by atoms with Gasteiger partial charge in [0.05, 0.1) is 35.0 Å². The molecule has 2 aromatic carbocycles. The molecule has 0 spiro atoms. The molecule has 6 nitrogen and oxygen atoms in total. The van der Waals surface area contributed by atoms with Gasteiger partial charge in [0.2, 0.25) is 0 Å². The van der Waals surface area contributed by atoms with Gasteiger partial charge >= 0.3 is 0 Å². The quantitative estimate of drug-likeness (QED) is 0.617. The van der Waals surface area contributed by atoms with Crippen molar-refractivity contribution in [2.75, 3.05) is 55.9 Å². The van der Waals surface area contributed by atoms with Gasteiger partial charge in [-0.25, -0.2) is 0 Å². The molecule has 1 aliphatic rings. The molecule has 0 fully saturated rings. The minimum Gasteiger partial charge on any atom is -0.493 e. The third kappa shape index (κ3) is 4.20. The Kier molecular flexibility index (Phi) is 7.45. The summed E-state index contributed by atoms with van der Waals surface area (Å²) in [5.41, 5.74) is 3.60. The van der Waals surface area contributed by atoms with Crippen molar-refractivity contribution in [1.29, 1.82) is 0 Å². The van der Waals surface area contributed by atoms with Gasteiger partial charge in [-0.1, -0.05) is 6.07 Å². The fraction of sp³-hybridized carbons (Fsp3) is 0.500. The van der Waals surface area contributed by atoms with Crippen molar-refractivity contribution in [2.45, 2.75) is 12.3 Å². The monoisotopic (exact) mass is 416 g/mol. The minimum atomic E-state index is 0.0912. The lowest BCUT2D eigenvalue weighted by molar-refractivity contribution is 0.0565. The summed E-state index contributed by atoms with van der Waals surface area (Å²) in [6.45, 7) is 1.28. The van der Waals surface area contributed by atoms with Crippen LogP contribution in [-0.2, 0) is 15.9 Å². The van der Waals surface area contributed by atoms with Crippen LogP contribution in [0, 0.1) is 11.8 Å². The van der Waals surface area contributed by atoms with Crippen LogP contribution in [0.25, 0.3) is 0 Å². The highest BCUT2D eigenvalue weighted by Crippen LogP contribution is 2.48. The van der Waals surface area contributed by atoms with Gasteiger partial charge in [0.1, 0.15) is 0 Å². The third-order valence-corrected chi connectivity index (χ3v) is 6.00. The molecule has 0 aromatic heterocycles. The number of benzene rings is 2. The Hall–Kier alpha value is -2.44. The molecule has 164 valence electrons. The van der Waals surface area contributed by atoms with E-state index in [2.05, 4.69) is 24.3 Å². The van der Waals surface area contributed by atoms with Crippen molar-refractivity contribution in [3.05, 3.63) is 47.0 Å². The van der Waals surface area contributed by atoms with E-state index >= 15 is 0 Å². The molecule has 0 bridgehead atoms. The zero-order valence-corrected chi connectivity index (χ0v) is 18.7. The maximum absolute atomic E-state index is 5.66. The molecule has 0 amide bonds. The molecule has 30 heavy (non-hydrogen) atoms. The van der Waals surface area contributed by atoms with Crippen LogP contribution in [0.15, 0.2) is 30.3 Å². The van der Waals surface area contributed by atoms with Gasteiger partial charge in [0, 0.05) is 26.7 Å². The largest absolute Gasteiger partial charge is 0.493 e. The molecule has 6 heteroatoms. The lowest BCUT2D eigenvalue weighted by Crippen LogP contribution is -2.36. The fourth-order valence-corrected chi connectivity index (χ4v) is 4.63. The van der Waals surface area contributed by atoms with Crippen LogP contribution in [-0.4, -0.2) is 55.9 Å². The van der Waals surface area contributed by atoms with E-state index in [9.17, 15) is 0 Å². The summed E-state index contributed by atoms with van der Waals surface area (Å²) in [6.07, 6.45) is 0.890. The van der Waals surface area contributed by atoms with E-state index < -0.39 is 0 Å². The second kappa shape index (κ2) is 10.0. The van der Waals surface area contributed by atoms with Gasteiger partial charge in [-0.3, -0.25) is 0 Å². The first-order valence-corrected chi connectivity index (χ1v) is 10.1. The van der Waals surface area contributed by atoms with Crippen LogP contribution in [0.4, 0.5) is 0 Å². The van der Waals surface area contributed by atoms with Crippen molar-refractivity contribution >= 4 is 0 Å². The maximum Gasteiger partial charge on any atom is 0.161 e. The second-order valence-electron chi connectivity index (χ2n) is 7.54. The minimum absolute atomic E-state index is 0.0912. The van der Waals surface area contributed by atoms with E-state index in [1.807, 2.05) is 6.07 Å². The van der Waals surface area contributed by atoms with Gasteiger partial charge in [0.15, 0.2) is 23.0 Å². The first-order valence-electron chi connectivity index (χ1n) is 10.1. The number of methoxy groups -OCH3 is 6. The summed E-state index contributed by atoms with van der Waals surface area (Å²) in [5, 5.41) is 0. The summed E-state index contributed by atoms with van der Waals surface area (Å²) in [4.78, 5) is 0. The predicted molar refractivity (Wildman–Crippen MR) is 115 cm³/mol. The van der Waals surface area contributed by atoms with Crippen molar-refractivity contribution in [1.82, 2.24) is 0 Å². The molecular formula is C24H32O6. The van der Waals surface area contributed by atoms with Gasteiger partial charge in [-0.05, 0) is 59.2 Å². The van der Waals surface area contributed by atoms with Gasteiger partial charge in [-0.15, -0.1) is 0 Å². The van der Waals surface area contributed by atoms with Crippen molar-refractivity contribution in [3.63, 3.8) is 0 Å². The Morgan fingerprint density at radius 3 is 1.90 bits per heavy atom. The summed E-state index contributed by atoms with van der Waals surface area (Å²) in [6, 6.07) is 10.3. The van der Waals surface area contributed by atoms with Crippen LogP contribution in [0.1, 0.15) is 22.6 Å². The van der Waals surface area contributed by atoms with Crippen LogP contribution in [0.5, 0.6) is 23.0 Å². The zero-order valence-electron chi connectivity index (χ0n) is 18.7. The highest BCUT2D eigenvalue weighted by Gasteiger charge is 2.39. The van der Waals surface area contributed by atoms with Gasteiger partial charge < -0.3 is 28.4 Å². The van der Waals surface area contributed by atoms with Crippen molar-refractivity contribution in [3.8, 4) is 23.0 Å². The number of hydrogen-bond donors (Lipinski definition) is 0. The van der Waals surface area contributed by atoms with Crippen LogP contribution < -0.4 is 18.9 Å². The Morgan fingerprint density at radius 2 is 1.30 bits per heavy atom. The van der Waals surface area contributed by atoms with E-state index in [1.165, 1.54) is 11.1 Å². The van der Waals surface area contributed by atoms with Crippen LogP contribution in [0.3, 0.4) is 0 Å². The second-order valence-corrected chi connectivity index (χ2v) is 7.54. The summed E-state index contributed by atoms with van der Waals surface area (Å²) in [7, 11) is 10.1.